The Hall–Kier alpha value is -2.16. The second-order valence-corrected chi connectivity index (χ2v) is 3.74. The lowest BCUT2D eigenvalue weighted by molar-refractivity contribution is 0.474. The Balaban J connectivity index is 2.68. The van der Waals surface area contributed by atoms with Gasteiger partial charge in [0.2, 0.25) is 0 Å². The van der Waals surface area contributed by atoms with E-state index in [1.165, 1.54) is 0 Å². The van der Waals surface area contributed by atoms with Crippen molar-refractivity contribution in [3.63, 3.8) is 0 Å². The van der Waals surface area contributed by atoms with Crippen LogP contribution in [0, 0.1) is 6.92 Å². The summed E-state index contributed by atoms with van der Waals surface area (Å²) in [5.74, 6) is 0.351. The van der Waals surface area contributed by atoms with Crippen molar-refractivity contribution in [2.75, 3.05) is 5.73 Å². The van der Waals surface area contributed by atoms with Gasteiger partial charge in [-0.3, -0.25) is 0 Å². The van der Waals surface area contributed by atoms with Crippen LogP contribution in [-0.2, 0) is 0 Å². The van der Waals surface area contributed by atoms with Crippen molar-refractivity contribution in [1.82, 2.24) is 0 Å². The SMILES string of the molecule is Cc1cc(O)ccc1-c1c(N)cccc1O. The Morgan fingerprint density at radius 3 is 2.44 bits per heavy atom. The van der Waals surface area contributed by atoms with Gasteiger partial charge in [0, 0.05) is 11.3 Å². The number of phenols is 2. The highest BCUT2D eigenvalue weighted by molar-refractivity contribution is 5.83. The van der Waals surface area contributed by atoms with Gasteiger partial charge in [-0.15, -0.1) is 0 Å². The van der Waals surface area contributed by atoms with Crippen molar-refractivity contribution in [3.05, 3.63) is 42.0 Å². The van der Waals surface area contributed by atoms with Crippen molar-refractivity contribution >= 4 is 5.69 Å². The molecule has 0 aliphatic heterocycles. The molecule has 0 fully saturated rings. The molecule has 0 radical (unpaired) electrons. The third kappa shape index (κ3) is 1.67. The molecule has 3 nitrogen and oxygen atoms in total. The fraction of sp³-hybridized carbons (Fsp3) is 0.0769. The highest BCUT2D eigenvalue weighted by atomic mass is 16.3. The van der Waals surface area contributed by atoms with Crippen LogP contribution in [0.15, 0.2) is 36.4 Å². The highest BCUT2D eigenvalue weighted by Gasteiger charge is 2.10. The molecule has 0 aromatic heterocycles. The van der Waals surface area contributed by atoms with E-state index in [0.29, 0.717) is 11.3 Å². The Morgan fingerprint density at radius 2 is 1.81 bits per heavy atom. The van der Waals surface area contributed by atoms with Crippen molar-refractivity contribution in [2.24, 2.45) is 0 Å². The van der Waals surface area contributed by atoms with E-state index < -0.39 is 0 Å². The molecule has 0 atom stereocenters. The topological polar surface area (TPSA) is 66.5 Å². The monoisotopic (exact) mass is 215 g/mol. The predicted octanol–water partition coefficient (Wildman–Crippen LogP) is 2.66. The lowest BCUT2D eigenvalue weighted by Crippen LogP contribution is -1.92. The number of benzene rings is 2. The number of aryl methyl sites for hydroxylation is 1. The normalized spacial score (nSPS) is 10.3. The van der Waals surface area contributed by atoms with Gasteiger partial charge in [-0.1, -0.05) is 12.1 Å². The van der Waals surface area contributed by atoms with Gasteiger partial charge in [-0.05, 0) is 42.3 Å². The molecule has 0 aliphatic carbocycles. The average Bonchev–Trinajstić information content (AvgIpc) is 2.20. The molecule has 4 N–H and O–H groups in total. The molecule has 0 spiro atoms. The summed E-state index contributed by atoms with van der Waals surface area (Å²) in [5.41, 5.74) is 8.67. The lowest BCUT2D eigenvalue weighted by Gasteiger charge is -2.11. The zero-order chi connectivity index (χ0) is 11.7. The van der Waals surface area contributed by atoms with Crippen LogP contribution in [0.25, 0.3) is 11.1 Å². The van der Waals surface area contributed by atoms with Crippen molar-refractivity contribution < 1.29 is 10.2 Å². The van der Waals surface area contributed by atoms with E-state index >= 15 is 0 Å². The summed E-state index contributed by atoms with van der Waals surface area (Å²) in [6.45, 7) is 1.86. The number of nitrogen functional groups attached to an aromatic ring is 1. The fourth-order valence-corrected chi connectivity index (χ4v) is 1.78. The van der Waals surface area contributed by atoms with Gasteiger partial charge >= 0.3 is 0 Å². The first-order chi connectivity index (χ1) is 7.59. The second kappa shape index (κ2) is 3.77. The van der Waals surface area contributed by atoms with Crippen LogP contribution in [0.4, 0.5) is 5.69 Å². The van der Waals surface area contributed by atoms with Gasteiger partial charge in [-0.25, -0.2) is 0 Å². The largest absolute Gasteiger partial charge is 0.508 e. The molecule has 0 heterocycles. The number of nitrogens with two attached hydrogens (primary N) is 1. The molecule has 0 aliphatic rings. The lowest BCUT2D eigenvalue weighted by atomic mass is 9.98. The van der Waals surface area contributed by atoms with Crippen LogP contribution in [0.3, 0.4) is 0 Å². The summed E-state index contributed by atoms with van der Waals surface area (Å²) in [5, 5.41) is 19.1. The Kier molecular flexibility index (Phi) is 2.44. The Morgan fingerprint density at radius 1 is 1.06 bits per heavy atom. The summed E-state index contributed by atoms with van der Waals surface area (Å²) in [4.78, 5) is 0. The first-order valence-corrected chi connectivity index (χ1v) is 4.97. The van der Waals surface area contributed by atoms with Gasteiger partial charge < -0.3 is 15.9 Å². The second-order valence-electron chi connectivity index (χ2n) is 3.74. The van der Waals surface area contributed by atoms with E-state index in [2.05, 4.69) is 0 Å². The number of phenolic OH excluding ortho intramolecular Hbond substituents is 2. The molecule has 16 heavy (non-hydrogen) atoms. The fourth-order valence-electron chi connectivity index (χ4n) is 1.78. The van der Waals surface area contributed by atoms with Gasteiger partial charge in [0.15, 0.2) is 0 Å². The van der Waals surface area contributed by atoms with Crippen LogP contribution in [-0.4, -0.2) is 10.2 Å². The summed E-state index contributed by atoms with van der Waals surface area (Å²) < 4.78 is 0. The summed E-state index contributed by atoms with van der Waals surface area (Å²) >= 11 is 0. The minimum absolute atomic E-state index is 0.147. The quantitative estimate of drug-likeness (QED) is 0.641. The molecule has 0 amide bonds. The number of aromatic hydroxyl groups is 2. The molecule has 2 rings (SSSR count). The maximum absolute atomic E-state index is 9.80. The van der Waals surface area contributed by atoms with E-state index in [1.807, 2.05) is 6.92 Å². The first kappa shape index (κ1) is 10.4. The zero-order valence-corrected chi connectivity index (χ0v) is 8.94. The summed E-state index contributed by atoms with van der Waals surface area (Å²) in [6, 6.07) is 9.99. The summed E-state index contributed by atoms with van der Waals surface area (Å²) in [7, 11) is 0. The number of hydrogen-bond acceptors (Lipinski definition) is 3. The van der Waals surface area contributed by atoms with Crippen LogP contribution in [0.1, 0.15) is 5.56 Å². The molecule has 82 valence electrons. The molecule has 0 saturated carbocycles. The van der Waals surface area contributed by atoms with Crippen LogP contribution < -0.4 is 5.73 Å². The third-order valence-electron chi connectivity index (χ3n) is 2.55. The molecule has 0 unspecified atom stereocenters. The van der Waals surface area contributed by atoms with Gasteiger partial charge in [0.25, 0.3) is 0 Å². The molecule has 3 heteroatoms. The highest BCUT2D eigenvalue weighted by Crippen LogP contribution is 2.37. The Bertz CT molecular complexity index is 515. The minimum atomic E-state index is 0.147. The standard InChI is InChI=1S/C13H13NO2/c1-8-7-9(15)5-6-10(8)13-11(14)3-2-4-12(13)16/h2-7,15-16H,14H2,1H3. The zero-order valence-electron chi connectivity index (χ0n) is 8.94. The van der Waals surface area contributed by atoms with E-state index in [1.54, 1.807) is 36.4 Å². The van der Waals surface area contributed by atoms with Crippen LogP contribution in [0.5, 0.6) is 11.5 Å². The minimum Gasteiger partial charge on any atom is -0.508 e. The van der Waals surface area contributed by atoms with Gasteiger partial charge in [0.1, 0.15) is 11.5 Å². The molecule has 0 saturated heterocycles. The molecule has 2 aromatic carbocycles. The molecular formula is C13H13NO2. The third-order valence-corrected chi connectivity index (χ3v) is 2.55. The van der Waals surface area contributed by atoms with E-state index in [4.69, 9.17) is 5.73 Å². The smallest absolute Gasteiger partial charge is 0.125 e. The maximum Gasteiger partial charge on any atom is 0.125 e. The predicted molar refractivity (Wildman–Crippen MR) is 64.4 cm³/mol. The maximum atomic E-state index is 9.80. The Labute approximate surface area is 93.8 Å². The average molecular weight is 215 g/mol. The number of anilines is 1. The van der Waals surface area contributed by atoms with Crippen LogP contribution in [0.2, 0.25) is 0 Å². The van der Waals surface area contributed by atoms with Crippen molar-refractivity contribution in [1.29, 1.82) is 0 Å². The molecule has 0 bridgehead atoms. The molecule has 2 aromatic rings. The van der Waals surface area contributed by atoms with E-state index in [-0.39, 0.29) is 11.5 Å². The first-order valence-electron chi connectivity index (χ1n) is 4.97. The number of rotatable bonds is 1. The van der Waals surface area contributed by atoms with Gasteiger partial charge in [0.05, 0.1) is 0 Å². The van der Waals surface area contributed by atoms with Crippen LogP contribution >= 0.6 is 0 Å². The van der Waals surface area contributed by atoms with Crippen molar-refractivity contribution in [2.45, 2.75) is 6.92 Å². The number of hydrogen-bond donors (Lipinski definition) is 3. The molecular weight excluding hydrogens is 202 g/mol. The van der Waals surface area contributed by atoms with Gasteiger partial charge in [-0.2, -0.15) is 0 Å². The van der Waals surface area contributed by atoms with E-state index in [9.17, 15) is 10.2 Å². The van der Waals surface area contributed by atoms with E-state index in [0.717, 1.165) is 11.1 Å². The summed E-state index contributed by atoms with van der Waals surface area (Å²) in [6.07, 6.45) is 0. The van der Waals surface area contributed by atoms with Crippen molar-refractivity contribution in [3.8, 4) is 22.6 Å².